The van der Waals surface area contributed by atoms with Crippen molar-refractivity contribution in [2.75, 3.05) is 18.0 Å². The maximum Gasteiger partial charge on any atom is 0.347 e. The largest absolute Gasteiger partial charge is 0.356 e. The molecule has 0 atom stereocenters. The number of hydrogen-bond acceptors (Lipinski definition) is 5. The van der Waals surface area contributed by atoms with E-state index in [0.29, 0.717) is 12.4 Å². The Bertz CT molecular complexity index is 718. The standard InChI is InChI=1S/C16H20N4O2S/c1-11-9-14(19-16(22)18-11)20-6-4-12(5-7-20)15(21)17-10-13-3-2-8-23-13/h2-3,8-9,12H,4-7,10H2,1H3,(H,17,21)(H,18,19,22). The summed E-state index contributed by atoms with van der Waals surface area (Å²) in [5.74, 6) is 0.853. The van der Waals surface area contributed by atoms with Gasteiger partial charge in [0.25, 0.3) is 0 Å². The summed E-state index contributed by atoms with van der Waals surface area (Å²) in [5, 5.41) is 5.02. The van der Waals surface area contributed by atoms with Crippen molar-refractivity contribution < 1.29 is 4.79 Å². The summed E-state index contributed by atoms with van der Waals surface area (Å²) in [6.07, 6.45) is 1.56. The van der Waals surface area contributed by atoms with E-state index < -0.39 is 0 Å². The predicted octanol–water partition coefficient (Wildman–Crippen LogP) is 1.67. The van der Waals surface area contributed by atoms with Crippen molar-refractivity contribution in [3.05, 3.63) is 44.6 Å². The van der Waals surface area contributed by atoms with Gasteiger partial charge < -0.3 is 15.2 Å². The van der Waals surface area contributed by atoms with Crippen LogP contribution in [0.3, 0.4) is 0 Å². The number of aromatic amines is 1. The molecule has 6 nitrogen and oxygen atoms in total. The summed E-state index contributed by atoms with van der Waals surface area (Å²) < 4.78 is 0. The average Bonchev–Trinajstić information content (AvgIpc) is 3.05. The Morgan fingerprint density at radius 1 is 1.48 bits per heavy atom. The maximum absolute atomic E-state index is 12.2. The van der Waals surface area contributed by atoms with Crippen molar-refractivity contribution >= 4 is 23.1 Å². The van der Waals surface area contributed by atoms with E-state index in [-0.39, 0.29) is 17.5 Å². The Kier molecular flexibility index (Phi) is 4.76. The molecule has 3 heterocycles. The summed E-state index contributed by atoms with van der Waals surface area (Å²) in [6, 6.07) is 5.88. The second kappa shape index (κ2) is 6.95. The van der Waals surface area contributed by atoms with Crippen molar-refractivity contribution in [3.8, 4) is 0 Å². The lowest BCUT2D eigenvalue weighted by Gasteiger charge is -2.32. The minimum absolute atomic E-state index is 0.0364. The third-order valence-corrected chi connectivity index (χ3v) is 4.95. The van der Waals surface area contributed by atoms with Crippen LogP contribution in [0, 0.1) is 12.8 Å². The lowest BCUT2D eigenvalue weighted by Crippen LogP contribution is -2.41. The van der Waals surface area contributed by atoms with Gasteiger partial charge in [0, 0.05) is 29.6 Å². The molecule has 0 aromatic carbocycles. The molecule has 1 fully saturated rings. The molecule has 0 spiro atoms. The number of anilines is 1. The first-order valence-electron chi connectivity index (χ1n) is 7.75. The van der Waals surface area contributed by atoms with Crippen molar-refractivity contribution in [3.63, 3.8) is 0 Å². The van der Waals surface area contributed by atoms with Crippen LogP contribution in [0.5, 0.6) is 0 Å². The molecule has 1 aliphatic heterocycles. The highest BCUT2D eigenvalue weighted by atomic mass is 32.1. The number of hydrogen-bond donors (Lipinski definition) is 2. The number of carbonyl (C=O) groups is 1. The third-order valence-electron chi connectivity index (χ3n) is 4.07. The number of aryl methyl sites for hydroxylation is 1. The molecule has 0 unspecified atom stereocenters. The monoisotopic (exact) mass is 332 g/mol. The van der Waals surface area contributed by atoms with Gasteiger partial charge in [0.2, 0.25) is 5.91 Å². The molecule has 23 heavy (non-hydrogen) atoms. The van der Waals surface area contributed by atoms with Crippen LogP contribution in [0.4, 0.5) is 5.82 Å². The van der Waals surface area contributed by atoms with E-state index >= 15 is 0 Å². The molecule has 2 aromatic rings. The number of piperidine rings is 1. The van der Waals surface area contributed by atoms with Crippen LogP contribution in [0.2, 0.25) is 0 Å². The first-order chi connectivity index (χ1) is 11.1. The van der Waals surface area contributed by atoms with Crippen molar-refractivity contribution in [2.24, 2.45) is 5.92 Å². The Morgan fingerprint density at radius 3 is 2.91 bits per heavy atom. The quantitative estimate of drug-likeness (QED) is 0.893. The normalized spacial score (nSPS) is 15.6. The molecule has 0 radical (unpaired) electrons. The van der Waals surface area contributed by atoms with Crippen LogP contribution in [0.1, 0.15) is 23.4 Å². The Morgan fingerprint density at radius 2 is 2.26 bits per heavy atom. The van der Waals surface area contributed by atoms with Crippen LogP contribution in [-0.4, -0.2) is 29.0 Å². The van der Waals surface area contributed by atoms with Crippen LogP contribution in [0.15, 0.2) is 28.4 Å². The number of thiophene rings is 1. The highest BCUT2D eigenvalue weighted by Crippen LogP contribution is 2.21. The SMILES string of the molecule is Cc1cc(N2CCC(C(=O)NCc3cccs3)CC2)nc(=O)[nH]1. The van der Waals surface area contributed by atoms with E-state index in [0.717, 1.165) is 31.6 Å². The van der Waals surface area contributed by atoms with Gasteiger partial charge in [0.05, 0.1) is 6.54 Å². The van der Waals surface area contributed by atoms with Crippen LogP contribution < -0.4 is 15.9 Å². The minimum Gasteiger partial charge on any atom is -0.356 e. The number of H-pyrrole nitrogens is 1. The molecule has 1 aliphatic rings. The Labute approximate surface area is 138 Å². The van der Waals surface area contributed by atoms with Crippen molar-refractivity contribution in [1.82, 2.24) is 15.3 Å². The fourth-order valence-corrected chi connectivity index (χ4v) is 3.47. The third kappa shape index (κ3) is 3.98. The number of amides is 1. The molecule has 0 aliphatic carbocycles. The van der Waals surface area contributed by atoms with E-state index in [1.807, 2.05) is 30.5 Å². The zero-order valence-electron chi connectivity index (χ0n) is 13.0. The molecule has 2 aromatic heterocycles. The van der Waals surface area contributed by atoms with Crippen molar-refractivity contribution in [1.29, 1.82) is 0 Å². The summed E-state index contributed by atoms with van der Waals surface area (Å²) in [5.41, 5.74) is 0.478. The number of rotatable bonds is 4. The van der Waals surface area contributed by atoms with Gasteiger partial charge in [-0.2, -0.15) is 4.98 Å². The molecular weight excluding hydrogens is 312 g/mol. The van der Waals surface area contributed by atoms with Gasteiger partial charge >= 0.3 is 5.69 Å². The molecular formula is C16H20N4O2S. The summed E-state index contributed by atoms with van der Waals surface area (Å²) in [7, 11) is 0. The smallest absolute Gasteiger partial charge is 0.347 e. The van der Waals surface area contributed by atoms with Gasteiger partial charge in [-0.25, -0.2) is 4.79 Å². The highest BCUT2D eigenvalue weighted by Gasteiger charge is 2.25. The second-order valence-electron chi connectivity index (χ2n) is 5.79. The fourth-order valence-electron chi connectivity index (χ4n) is 2.83. The zero-order valence-corrected chi connectivity index (χ0v) is 13.9. The van der Waals surface area contributed by atoms with Gasteiger partial charge in [-0.15, -0.1) is 11.3 Å². The van der Waals surface area contributed by atoms with Gasteiger partial charge in [-0.05, 0) is 37.3 Å². The number of aromatic nitrogens is 2. The minimum atomic E-state index is -0.323. The summed E-state index contributed by atoms with van der Waals surface area (Å²) >= 11 is 1.65. The molecule has 2 N–H and O–H groups in total. The average molecular weight is 332 g/mol. The van der Waals surface area contributed by atoms with Gasteiger partial charge in [-0.1, -0.05) is 6.07 Å². The number of nitrogens with one attached hydrogen (secondary N) is 2. The molecule has 7 heteroatoms. The first kappa shape index (κ1) is 15.7. The van der Waals surface area contributed by atoms with Gasteiger partial charge in [0.1, 0.15) is 5.82 Å². The number of nitrogens with zero attached hydrogens (tertiary/aromatic N) is 2. The van der Waals surface area contributed by atoms with E-state index in [1.165, 1.54) is 4.88 Å². The predicted molar refractivity (Wildman–Crippen MR) is 90.7 cm³/mol. The second-order valence-corrected chi connectivity index (χ2v) is 6.82. The van der Waals surface area contributed by atoms with Crippen molar-refractivity contribution in [2.45, 2.75) is 26.3 Å². The fraction of sp³-hybridized carbons (Fsp3) is 0.438. The lowest BCUT2D eigenvalue weighted by atomic mass is 9.96. The van der Waals surface area contributed by atoms with Crippen LogP contribution >= 0.6 is 11.3 Å². The van der Waals surface area contributed by atoms with Crippen LogP contribution in [-0.2, 0) is 11.3 Å². The Balaban J connectivity index is 1.53. The highest BCUT2D eigenvalue weighted by molar-refractivity contribution is 7.09. The molecule has 0 bridgehead atoms. The molecule has 3 rings (SSSR count). The zero-order chi connectivity index (χ0) is 16.2. The molecule has 122 valence electrons. The molecule has 1 amide bonds. The summed E-state index contributed by atoms with van der Waals surface area (Å²) in [4.78, 5) is 33.6. The van der Waals surface area contributed by atoms with E-state index in [1.54, 1.807) is 11.3 Å². The maximum atomic E-state index is 12.2. The molecule has 0 saturated carbocycles. The molecule has 1 saturated heterocycles. The number of carbonyl (C=O) groups excluding carboxylic acids is 1. The summed E-state index contributed by atoms with van der Waals surface area (Å²) in [6.45, 7) is 3.93. The first-order valence-corrected chi connectivity index (χ1v) is 8.63. The van der Waals surface area contributed by atoms with Crippen LogP contribution in [0.25, 0.3) is 0 Å². The van der Waals surface area contributed by atoms with Gasteiger partial charge in [0.15, 0.2) is 0 Å². The van der Waals surface area contributed by atoms with E-state index in [2.05, 4.69) is 20.2 Å². The lowest BCUT2D eigenvalue weighted by molar-refractivity contribution is -0.125. The Hall–Kier alpha value is -2.15. The van der Waals surface area contributed by atoms with Gasteiger partial charge in [-0.3, -0.25) is 4.79 Å². The topological polar surface area (TPSA) is 78.1 Å². The van der Waals surface area contributed by atoms with E-state index in [9.17, 15) is 9.59 Å². The van der Waals surface area contributed by atoms with E-state index in [4.69, 9.17) is 0 Å².